The van der Waals surface area contributed by atoms with Crippen LogP contribution < -0.4 is 0 Å². The third kappa shape index (κ3) is 5.98. The molecule has 5 nitrogen and oxygen atoms in total. The molecule has 0 radical (unpaired) electrons. The van der Waals surface area contributed by atoms with Crippen LogP contribution in [0.1, 0.15) is 0 Å². The molecular weight excluding hydrogens is 755 g/mol. The number of hydrogen-bond donors (Lipinski definition) is 0. The summed E-state index contributed by atoms with van der Waals surface area (Å²) in [6, 6.07) is 79.4. The van der Waals surface area contributed by atoms with E-state index in [-0.39, 0.29) is 0 Å². The highest BCUT2D eigenvalue weighted by Crippen LogP contribution is 2.41. The molecule has 290 valence electrons. The first-order chi connectivity index (χ1) is 30.7. The second-order valence-electron chi connectivity index (χ2n) is 15.6. The van der Waals surface area contributed by atoms with Crippen LogP contribution in [0.4, 0.5) is 0 Å². The molecule has 0 aliphatic heterocycles. The molecule has 0 bridgehead atoms. The molecule has 62 heavy (non-hydrogen) atoms. The van der Waals surface area contributed by atoms with Gasteiger partial charge in [-0.05, 0) is 71.3 Å². The van der Waals surface area contributed by atoms with Crippen LogP contribution in [-0.2, 0) is 0 Å². The topological polar surface area (TPSA) is 48.5 Å². The van der Waals surface area contributed by atoms with Crippen LogP contribution in [-0.4, -0.2) is 24.1 Å². The molecule has 0 aliphatic rings. The lowest BCUT2D eigenvalue weighted by molar-refractivity contribution is 1.07. The predicted molar refractivity (Wildman–Crippen MR) is 256 cm³/mol. The molecule has 12 rings (SSSR count). The van der Waals surface area contributed by atoms with Crippen LogP contribution in [0.15, 0.2) is 224 Å². The van der Waals surface area contributed by atoms with Crippen molar-refractivity contribution in [3.63, 3.8) is 0 Å². The Morgan fingerprint density at radius 2 is 0.726 bits per heavy atom. The highest BCUT2D eigenvalue weighted by atomic mass is 15.0. The number of benzene rings is 9. The summed E-state index contributed by atoms with van der Waals surface area (Å²) in [6.45, 7) is 0. The first kappa shape index (κ1) is 35.5. The maximum Gasteiger partial charge on any atom is 0.164 e. The zero-order valence-corrected chi connectivity index (χ0v) is 33.6. The lowest BCUT2D eigenvalue weighted by Gasteiger charge is -2.14. The average Bonchev–Trinajstić information content (AvgIpc) is 3.88. The van der Waals surface area contributed by atoms with E-state index in [0.717, 1.165) is 44.7 Å². The molecule has 12 aromatic rings. The van der Waals surface area contributed by atoms with Gasteiger partial charge in [0, 0.05) is 55.2 Å². The Kier molecular flexibility index (Phi) is 8.42. The monoisotopic (exact) mass is 791 g/mol. The van der Waals surface area contributed by atoms with Crippen molar-refractivity contribution in [1.29, 1.82) is 0 Å². The number of para-hydroxylation sites is 4. The van der Waals surface area contributed by atoms with Gasteiger partial charge in [-0.15, -0.1) is 0 Å². The SMILES string of the molecule is c1ccc(-c2nc(-c3ccccc3)nc(-c3cccc(-c4cccc(-n5c6ccccc6c6cccc(-c7ccc8c(c7)c7ccccc7n8-c7ccccc7)c65)c4)c3)n2)cc1. The molecule has 0 atom stereocenters. The molecule has 3 heterocycles. The van der Waals surface area contributed by atoms with E-state index in [1.54, 1.807) is 0 Å². The molecule has 0 saturated heterocycles. The Bertz CT molecular complexity index is 3570. The number of nitrogens with zero attached hydrogens (tertiary/aromatic N) is 5. The summed E-state index contributed by atoms with van der Waals surface area (Å²) in [5.41, 5.74) is 14.3. The second kappa shape index (κ2) is 14.7. The summed E-state index contributed by atoms with van der Waals surface area (Å²) in [5, 5.41) is 4.90. The summed E-state index contributed by atoms with van der Waals surface area (Å²) < 4.78 is 4.81. The molecule has 0 amide bonds. The highest BCUT2D eigenvalue weighted by Gasteiger charge is 2.19. The molecule has 0 aliphatic carbocycles. The zero-order valence-electron chi connectivity index (χ0n) is 33.6. The Morgan fingerprint density at radius 1 is 0.258 bits per heavy atom. The van der Waals surface area contributed by atoms with Gasteiger partial charge in [-0.25, -0.2) is 15.0 Å². The van der Waals surface area contributed by atoms with Crippen molar-refractivity contribution in [2.75, 3.05) is 0 Å². The van der Waals surface area contributed by atoms with E-state index in [0.29, 0.717) is 17.5 Å². The van der Waals surface area contributed by atoms with Crippen LogP contribution in [0.25, 0.3) is 111 Å². The Labute approximate surface area is 358 Å². The normalized spacial score (nSPS) is 11.5. The molecule has 5 heteroatoms. The van der Waals surface area contributed by atoms with Gasteiger partial charge in [-0.3, -0.25) is 0 Å². The van der Waals surface area contributed by atoms with E-state index in [9.17, 15) is 0 Å². The standard InChI is InChI=1S/C57H37N5/c1-4-17-38(18-5-1)55-58-56(39-19-6-2-7-20-39)60-57(59-55)43-23-14-21-40(35-43)41-22-15-26-45(36-41)62-52-32-13-10-27-47(52)49-30-16-29-46(54(49)62)42-33-34-53-50(37-42)48-28-11-12-31-51(48)61(53)44-24-8-3-9-25-44/h1-37H. The number of hydrogen-bond acceptors (Lipinski definition) is 3. The molecule has 3 aromatic heterocycles. The number of rotatable bonds is 7. The molecule has 0 saturated carbocycles. The Morgan fingerprint density at radius 3 is 1.42 bits per heavy atom. The molecule has 0 N–H and O–H groups in total. The summed E-state index contributed by atoms with van der Waals surface area (Å²) in [6.07, 6.45) is 0. The molecule has 9 aromatic carbocycles. The van der Waals surface area contributed by atoms with Crippen LogP contribution >= 0.6 is 0 Å². The van der Waals surface area contributed by atoms with E-state index < -0.39 is 0 Å². The molecule has 0 spiro atoms. The van der Waals surface area contributed by atoms with Crippen molar-refractivity contribution in [1.82, 2.24) is 24.1 Å². The minimum absolute atomic E-state index is 0.631. The average molecular weight is 792 g/mol. The van der Waals surface area contributed by atoms with Gasteiger partial charge in [-0.2, -0.15) is 0 Å². The summed E-state index contributed by atoms with van der Waals surface area (Å²) in [5.74, 6) is 1.92. The second-order valence-corrected chi connectivity index (χ2v) is 15.6. The fourth-order valence-corrected chi connectivity index (χ4v) is 9.12. The van der Waals surface area contributed by atoms with Crippen LogP contribution in [0.2, 0.25) is 0 Å². The lowest BCUT2D eigenvalue weighted by atomic mass is 9.99. The first-order valence-corrected chi connectivity index (χ1v) is 20.9. The fraction of sp³-hybridized carbons (Fsp3) is 0. The van der Waals surface area contributed by atoms with E-state index in [1.807, 2.05) is 60.7 Å². The highest BCUT2D eigenvalue weighted by molar-refractivity contribution is 6.15. The van der Waals surface area contributed by atoms with Gasteiger partial charge in [0.25, 0.3) is 0 Å². The van der Waals surface area contributed by atoms with Gasteiger partial charge in [-0.1, -0.05) is 170 Å². The van der Waals surface area contributed by atoms with E-state index in [4.69, 9.17) is 15.0 Å². The number of aromatic nitrogens is 5. The van der Waals surface area contributed by atoms with Crippen molar-refractivity contribution in [2.45, 2.75) is 0 Å². The predicted octanol–water partition coefficient (Wildman–Crippen LogP) is 14.4. The van der Waals surface area contributed by atoms with Crippen LogP contribution in [0.5, 0.6) is 0 Å². The zero-order chi connectivity index (χ0) is 41.0. The largest absolute Gasteiger partial charge is 0.309 e. The van der Waals surface area contributed by atoms with Gasteiger partial charge < -0.3 is 9.13 Å². The fourth-order valence-electron chi connectivity index (χ4n) is 9.12. The minimum Gasteiger partial charge on any atom is -0.309 e. The third-order valence-corrected chi connectivity index (χ3v) is 12.0. The van der Waals surface area contributed by atoms with E-state index in [1.165, 1.54) is 49.2 Å². The van der Waals surface area contributed by atoms with E-state index >= 15 is 0 Å². The van der Waals surface area contributed by atoms with Crippen molar-refractivity contribution in [3.05, 3.63) is 224 Å². The quantitative estimate of drug-likeness (QED) is 0.162. The van der Waals surface area contributed by atoms with Crippen molar-refractivity contribution < 1.29 is 0 Å². The Balaban J connectivity index is 1.00. The van der Waals surface area contributed by atoms with Gasteiger partial charge >= 0.3 is 0 Å². The van der Waals surface area contributed by atoms with Gasteiger partial charge in [0.2, 0.25) is 0 Å². The summed E-state index contributed by atoms with van der Waals surface area (Å²) >= 11 is 0. The maximum absolute atomic E-state index is 5.02. The Hall–Kier alpha value is -8.41. The van der Waals surface area contributed by atoms with Crippen molar-refractivity contribution >= 4 is 43.6 Å². The summed E-state index contributed by atoms with van der Waals surface area (Å²) in [4.78, 5) is 15.0. The third-order valence-electron chi connectivity index (χ3n) is 12.0. The maximum atomic E-state index is 5.02. The van der Waals surface area contributed by atoms with Gasteiger partial charge in [0.15, 0.2) is 17.5 Å². The van der Waals surface area contributed by atoms with E-state index in [2.05, 4.69) is 173 Å². The molecule has 0 unspecified atom stereocenters. The number of fused-ring (bicyclic) bond motifs is 6. The summed E-state index contributed by atoms with van der Waals surface area (Å²) in [7, 11) is 0. The molecule has 0 fully saturated rings. The van der Waals surface area contributed by atoms with Gasteiger partial charge in [0.05, 0.1) is 22.1 Å². The lowest BCUT2D eigenvalue weighted by Crippen LogP contribution is -2.00. The van der Waals surface area contributed by atoms with Crippen molar-refractivity contribution in [2.24, 2.45) is 0 Å². The van der Waals surface area contributed by atoms with Crippen LogP contribution in [0, 0.1) is 0 Å². The van der Waals surface area contributed by atoms with Crippen molar-refractivity contribution in [3.8, 4) is 67.8 Å². The minimum atomic E-state index is 0.631. The smallest absolute Gasteiger partial charge is 0.164 e. The first-order valence-electron chi connectivity index (χ1n) is 20.9. The van der Waals surface area contributed by atoms with Crippen LogP contribution in [0.3, 0.4) is 0 Å². The van der Waals surface area contributed by atoms with Gasteiger partial charge in [0.1, 0.15) is 0 Å². The molecular formula is C57H37N5.